The highest BCUT2D eigenvalue weighted by Gasteiger charge is 2.19. The molecule has 3 rings (SSSR count). The Morgan fingerprint density at radius 2 is 1.91 bits per heavy atom. The van der Waals surface area contributed by atoms with Crippen molar-refractivity contribution in [1.29, 1.82) is 0 Å². The summed E-state index contributed by atoms with van der Waals surface area (Å²) in [6.07, 6.45) is 0. The molecular weight excluding hydrogens is 312 g/mol. The molecule has 5 nitrogen and oxygen atoms in total. The zero-order valence-electron chi connectivity index (χ0n) is 13.4. The lowest BCUT2D eigenvalue weighted by atomic mass is 10.2. The number of amides is 1. The molecule has 0 aliphatic carbocycles. The van der Waals surface area contributed by atoms with Gasteiger partial charge in [0, 0.05) is 43.5 Å². The van der Waals surface area contributed by atoms with Crippen LogP contribution in [0.4, 0.5) is 5.69 Å². The number of hydrogen-bond acceptors (Lipinski definition) is 5. The lowest BCUT2D eigenvalue weighted by Gasteiger charge is -2.35. The number of rotatable bonds is 3. The van der Waals surface area contributed by atoms with E-state index in [1.165, 1.54) is 11.3 Å². The third kappa shape index (κ3) is 3.32. The van der Waals surface area contributed by atoms with Gasteiger partial charge in [-0.2, -0.15) is 0 Å². The molecule has 0 spiro atoms. The van der Waals surface area contributed by atoms with E-state index in [4.69, 9.17) is 4.74 Å². The monoisotopic (exact) mass is 332 g/mol. The minimum atomic E-state index is -0.259. The topological polar surface area (TPSA) is 49.9 Å². The molecule has 122 valence electrons. The van der Waals surface area contributed by atoms with Crippen LogP contribution in [-0.2, 0) is 9.53 Å². The number of benzene rings is 1. The number of ether oxygens (including phenoxy) is 1. The van der Waals surface area contributed by atoms with Gasteiger partial charge in [0.25, 0.3) is 0 Å². The highest BCUT2D eigenvalue weighted by atomic mass is 32.1. The van der Waals surface area contributed by atoms with Crippen molar-refractivity contribution in [2.45, 2.75) is 13.8 Å². The van der Waals surface area contributed by atoms with Crippen LogP contribution in [0.5, 0.6) is 0 Å². The maximum Gasteiger partial charge on any atom is 0.348 e. The molecule has 23 heavy (non-hydrogen) atoms. The molecule has 1 amide bonds. The van der Waals surface area contributed by atoms with Gasteiger partial charge in [-0.3, -0.25) is 4.79 Å². The largest absolute Gasteiger partial charge is 0.462 e. The Balaban J connectivity index is 1.78. The van der Waals surface area contributed by atoms with Crippen LogP contribution in [0.2, 0.25) is 0 Å². The third-order valence-electron chi connectivity index (χ3n) is 4.07. The Morgan fingerprint density at radius 3 is 2.57 bits per heavy atom. The van der Waals surface area contributed by atoms with Crippen molar-refractivity contribution < 1.29 is 14.3 Å². The summed E-state index contributed by atoms with van der Waals surface area (Å²) in [5, 5.41) is 1.06. The lowest BCUT2D eigenvalue weighted by Crippen LogP contribution is -2.48. The van der Waals surface area contributed by atoms with E-state index in [-0.39, 0.29) is 11.9 Å². The summed E-state index contributed by atoms with van der Waals surface area (Å²) < 4.78 is 6.14. The quantitative estimate of drug-likeness (QED) is 0.811. The molecule has 2 aromatic rings. The van der Waals surface area contributed by atoms with Gasteiger partial charge in [-0.25, -0.2) is 4.79 Å². The van der Waals surface area contributed by atoms with Gasteiger partial charge in [-0.1, -0.05) is 0 Å². The van der Waals surface area contributed by atoms with Crippen LogP contribution in [0.15, 0.2) is 24.3 Å². The Hall–Kier alpha value is -2.08. The fraction of sp³-hybridized carbons (Fsp3) is 0.412. The van der Waals surface area contributed by atoms with Crippen molar-refractivity contribution >= 4 is 39.0 Å². The van der Waals surface area contributed by atoms with Crippen molar-refractivity contribution in [3.8, 4) is 0 Å². The molecule has 1 aliphatic heterocycles. The van der Waals surface area contributed by atoms with Crippen molar-refractivity contribution in [2.75, 3.05) is 37.7 Å². The molecule has 1 saturated heterocycles. The molecule has 0 unspecified atom stereocenters. The van der Waals surface area contributed by atoms with Gasteiger partial charge in [-0.15, -0.1) is 11.3 Å². The Morgan fingerprint density at radius 1 is 1.17 bits per heavy atom. The van der Waals surface area contributed by atoms with Crippen molar-refractivity contribution in [1.82, 2.24) is 4.90 Å². The Bertz CT molecular complexity index is 733. The average molecular weight is 332 g/mol. The van der Waals surface area contributed by atoms with E-state index < -0.39 is 0 Å². The number of nitrogens with zero attached hydrogens (tertiary/aromatic N) is 2. The summed E-state index contributed by atoms with van der Waals surface area (Å²) in [5.41, 5.74) is 1.13. The first kappa shape index (κ1) is 15.8. The van der Waals surface area contributed by atoms with Crippen LogP contribution in [0.3, 0.4) is 0 Å². The number of thiophene rings is 1. The minimum Gasteiger partial charge on any atom is -0.462 e. The fourth-order valence-electron chi connectivity index (χ4n) is 2.81. The summed E-state index contributed by atoms with van der Waals surface area (Å²) in [7, 11) is 0. The van der Waals surface area contributed by atoms with Gasteiger partial charge in [0.1, 0.15) is 4.88 Å². The number of hydrogen-bond donors (Lipinski definition) is 0. The van der Waals surface area contributed by atoms with Gasteiger partial charge in [-0.05, 0) is 36.6 Å². The second kappa shape index (κ2) is 6.58. The molecule has 2 heterocycles. The van der Waals surface area contributed by atoms with E-state index >= 15 is 0 Å². The smallest absolute Gasteiger partial charge is 0.348 e. The summed E-state index contributed by atoms with van der Waals surface area (Å²) >= 11 is 1.46. The predicted octanol–water partition coefficient (Wildman–Crippen LogP) is 2.75. The first-order valence-corrected chi connectivity index (χ1v) is 8.61. The summed E-state index contributed by atoms with van der Waals surface area (Å²) in [6, 6.07) is 8.14. The summed E-state index contributed by atoms with van der Waals surface area (Å²) in [6.45, 7) is 6.99. The van der Waals surface area contributed by atoms with E-state index in [1.54, 1.807) is 6.92 Å². The molecule has 1 fully saturated rings. The van der Waals surface area contributed by atoms with E-state index in [1.807, 2.05) is 17.9 Å². The van der Waals surface area contributed by atoms with Gasteiger partial charge in [0.15, 0.2) is 0 Å². The number of piperazine rings is 1. The number of esters is 1. The molecule has 0 atom stereocenters. The molecule has 6 heteroatoms. The van der Waals surface area contributed by atoms with E-state index in [0.29, 0.717) is 11.5 Å². The van der Waals surface area contributed by atoms with E-state index in [2.05, 4.69) is 23.1 Å². The Kier molecular flexibility index (Phi) is 4.52. The lowest BCUT2D eigenvalue weighted by molar-refractivity contribution is -0.129. The molecular formula is C17H20N2O3S. The zero-order chi connectivity index (χ0) is 16.4. The van der Waals surface area contributed by atoms with Gasteiger partial charge in [0.2, 0.25) is 5.91 Å². The molecule has 0 radical (unpaired) electrons. The van der Waals surface area contributed by atoms with E-state index in [9.17, 15) is 9.59 Å². The molecule has 1 aromatic heterocycles. The molecule has 0 bridgehead atoms. The van der Waals surface area contributed by atoms with Crippen LogP contribution in [0, 0.1) is 0 Å². The fourth-order valence-corrected chi connectivity index (χ4v) is 3.75. The van der Waals surface area contributed by atoms with Crippen LogP contribution in [-0.4, -0.2) is 49.6 Å². The third-order valence-corrected chi connectivity index (χ3v) is 5.16. The van der Waals surface area contributed by atoms with Crippen molar-refractivity contribution in [3.05, 3.63) is 29.1 Å². The van der Waals surface area contributed by atoms with Gasteiger partial charge in [0.05, 0.1) is 6.61 Å². The number of anilines is 1. The highest BCUT2D eigenvalue weighted by molar-refractivity contribution is 7.20. The van der Waals surface area contributed by atoms with Crippen LogP contribution < -0.4 is 4.90 Å². The molecule has 1 aromatic carbocycles. The zero-order valence-corrected chi connectivity index (χ0v) is 14.2. The number of carbonyl (C=O) groups excluding carboxylic acids is 2. The molecule has 0 N–H and O–H groups in total. The SMILES string of the molecule is CCOC(=O)c1cc2cc(N3CCN(C(C)=O)CC3)ccc2s1. The van der Waals surface area contributed by atoms with Gasteiger partial charge >= 0.3 is 5.97 Å². The maximum absolute atomic E-state index is 11.8. The van der Waals surface area contributed by atoms with Crippen molar-refractivity contribution in [2.24, 2.45) is 0 Å². The normalized spacial score (nSPS) is 15.0. The molecule has 0 saturated carbocycles. The first-order valence-electron chi connectivity index (χ1n) is 7.79. The maximum atomic E-state index is 11.8. The second-order valence-electron chi connectivity index (χ2n) is 5.55. The highest BCUT2D eigenvalue weighted by Crippen LogP contribution is 2.30. The first-order chi connectivity index (χ1) is 11.1. The van der Waals surface area contributed by atoms with Crippen LogP contribution in [0.1, 0.15) is 23.5 Å². The van der Waals surface area contributed by atoms with E-state index in [0.717, 1.165) is 42.0 Å². The molecule has 1 aliphatic rings. The van der Waals surface area contributed by atoms with Crippen LogP contribution in [0.25, 0.3) is 10.1 Å². The van der Waals surface area contributed by atoms with Gasteiger partial charge < -0.3 is 14.5 Å². The summed E-state index contributed by atoms with van der Waals surface area (Å²) in [5.74, 6) is -0.123. The minimum absolute atomic E-state index is 0.136. The second-order valence-corrected chi connectivity index (χ2v) is 6.63. The Labute approximate surface area is 139 Å². The predicted molar refractivity (Wildman–Crippen MR) is 92.2 cm³/mol. The average Bonchev–Trinajstić information content (AvgIpc) is 2.98. The number of carbonyl (C=O) groups is 2. The summed E-state index contributed by atoms with van der Waals surface area (Å²) in [4.78, 5) is 28.0. The van der Waals surface area contributed by atoms with Crippen LogP contribution >= 0.6 is 11.3 Å². The standard InChI is InChI=1S/C17H20N2O3S/c1-3-22-17(21)16-11-13-10-14(4-5-15(13)23-16)19-8-6-18(7-9-19)12(2)20/h4-5,10-11H,3,6-9H2,1-2H3. The van der Waals surface area contributed by atoms with Crippen molar-refractivity contribution in [3.63, 3.8) is 0 Å². The number of fused-ring (bicyclic) bond motifs is 1.